The molecule has 4 rings (SSSR count). The SMILES string of the molecule is Cc1nc(C(=O)NCc2ccncc2)cc(C2=NOC(C3COC(CO)CO3)C2)n1. The molecule has 2 aliphatic rings. The van der Waals surface area contributed by atoms with E-state index >= 15 is 0 Å². The Kier molecular flexibility index (Phi) is 6.26. The maximum atomic E-state index is 12.6. The molecule has 1 saturated heterocycles. The zero-order valence-electron chi connectivity index (χ0n) is 16.5. The van der Waals surface area contributed by atoms with Crippen molar-refractivity contribution in [1.29, 1.82) is 0 Å². The van der Waals surface area contributed by atoms with E-state index in [1.54, 1.807) is 25.4 Å². The molecule has 0 aliphatic carbocycles. The van der Waals surface area contributed by atoms with Crippen LogP contribution in [0, 0.1) is 6.92 Å². The van der Waals surface area contributed by atoms with Crippen molar-refractivity contribution < 1.29 is 24.2 Å². The van der Waals surface area contributed by atoms with Gasteiger partial charge in [-0.15, -0.1) is 0 Å². The number of carbonyl (C=O) groups excluding carboxylic acids is 1. The van der Waals surface area contributed by atoms with Gasteiger partial charge >= 0.3 is 0 Å². The summed E-state index contributed by atoms with van der Waals surface area (Å²) in [6.45, 7) is 2.66. The van der Waals surface area contributed by atoms with Gasteiger partial charge in [0.1, 0.15) is 29.4 Å². The molecule has 158 valence electrons. The number of hydrogen-bond acceptors (Lipinski definition) is 9. The second-order valence-corrected chi connectivity index (χ2v) is 7.12. The van der Waals surface area contributed by atoms with Crippen LogP contribution in [0.1, 0.15) is 34.0 Å². The summed E-state index contributed by atoms with van der Waals surface area (Å²) in [5, 5.41) is 16.1. The summed E-state index contributed by atoms with van der Waals surface area (Å²) in [6, 6.07) is 5.28. The van der Waals surface area contributed by atoms with E-state index in [1.807, 2.05) is 12.1 Å². The standard InChI is InChI=1S/C20H23N5O5/c1-12-23-15(6-17(24-12)20(27)22-8-13-2-4-21-5-3-13)16-7-18(30-25-16)19-11-28-14(9-26)10-29-19/h2-6,14,18-19,26H,7-11H2,1H3,(H,22,27). The fraction of sp³-hybridized carbons (Fsp3) is 0.450. The lowest BCUT2D eigenvalue weighted by molar-refractivity contribution is -0.178. The first-order valence-corrected chi connectivity index (χ1v) is 9.72. The van der Waals surface area contributed by atoms with Gasteiger partial charge in [-0.05, 0) is 30.7 Å². The van der Waals surface area contributed by atoms with Crippen molar-refractivity contribution in [3.8, 4) is 0 Å². The van der Waals surface area contributed by atoms with Gasteiger partial charge in [0, 0.05) is 25.4 Å². The zero-order chi connectivity index (χ0) is 20.9. The number of nitrogens with one attached hydrogen (secondary N) is 1. The first kappa shape index (κ1) is 20.3. The van der Waals surface area contributed by atoms with Crippen LogP contribution in [0.2, 0.25) is 0 Å². The molecule has 1 fully saturated rings. The van der Waals surface area contributed by atoms with Crippen molar-refractivity contribution in [1.82, 2.24) is 20.3 Å². The molecule has 2 aliphatic heterocycles. The number of carbonyl (C=O) groups is 1. The largest absolute Gasteiger partial charge is 0.394 e. The highest BCUT2D eigenvalue weighted by Crippen LogP contribution is 2.23. The van der Waals surface area contributed by atoms with Crippen LogP contribution < -0.4 is 5.32 Å². The number of hydrogen-bond donors (Lipinski definition) is 2. The smallest absolute Gasteiger partial charge is 0.270 e. The number of aliphatic hydroxyl groups is 1. The van der Waals surface area contributed by atoms with Gasteiger partial charge in [-0.3, -0.25) is 9.78 Å². The molecule has 0 spiro atoms. The number of oxime groups is 1. The Labute approximate surface area is 173 Å². The fourth-order valence-corrected chi connectivity index (χ4v) is 3.23. The molecule has 0 aromatic carbocycles. The number of aromatic nitrogens is 3. The summed E-state index contributed by atoms with van der Waals surface area (Å²) in [7, 11) is 0. The van der Waals surface area contributed by atoms with E-state index in [0.29, 0.717) is 43.4 Å². The summed E-state index contributed by atoms with van der Waals surface area (Å²) < 4.78 is 11.3. The lowest BCUT2D eigenvalue weighted by Crippen LogP contribution is -2.43. The number of aliphatic hydroxyl groups excluding tert-OH is 1. The van der Waals surface area contributed by atoms with Crippen molar-refractivity contribution in [2.75, 3.05) is 19.8 Å². The average Bonchev–Trinajstić information content (AvgIpc) is 3.28. The maximum absolute atomic E-state index is 12.6. The highest BCUT2D eigenvalue weighted by atomic mass is 16.7. The minimum Gasteiger partial charge on any atom is -0.394 e. The van der Waals surface area contributed by atoms with Crippen LogP contribution in [0.3, 0.4) is 0 Å². The Morgan fingerprint density at radius 2 is 2.03 bits per heavy atom. The Morgan fingerprint density at radius 1 is 1.20 bits per heavy atom. The molecule has 0 saturated carbocycles. The minimum atomic E-state index is -0.307. The molecular formula is C20H23N5O5. The van der Waals surface area contributed by atoms with Crippen molar-refractivity contribution in [3.63, 3.8) is 0 Å². The highest BCUT2D eigenvalue weighted by molar-refractivity contribution is 6.01. The summed E-state index contributed by atoms with van der Waals surface area (Å²) in [5.41, 5.74) is 2.38. The first-order chi connectivity index (χ1) is 14.6. The summed E-state index contributed by atoms with van der Waals surface area (Å²) in [5.74, 6) is 0.171. The molecule has 0 radical (unpaired) electrons. The van der Waals surface area contributed by atoms with Crippen molar-refractivity contribution in [2.45, 2.75) is 38.2 Å². The van der Waals surface area contributed by atoms with E-state index in [4.69, 9.17) is 19.4 Å². The average molecular weight is 413 g/mol. The molecule has 2 aromatic heterocycles. The molecule has 2 aromatic rings. The van der Waals surface area contributed by atoms with Gasteiger partial charge in [-0.1, -0.05) is 5.16 Å². The Hall–Kier alpha value is -2.95. The molecule has 1 amide bonds. The molecule has 10 nitrogen and oxygen atoms in total. The van der Waals surface area contributed by atoms with Gasteiger partial charge < -0.3 is 24.7 Å². The number of rotatable bonds is 6. The number of ether oxygens (including phenoxy) is 2. The van der Waals surface area contributed by atoms with Gasteiger partial charge in [0.05, 0.1) is 25.5 Å². The second-order valence-electron chi connectivity index (χ2n) is 7.12. The molecule has 10 heteroatoms. The predicted octanol–water partition coefficient (Wildman–Crippen LogP) is 0.379. The molecule has 2 N–H and O–H groups in total. The van der Waals surface area contributed by atoms with Gasteiger partial charge in [0.15, 0.2) is 6.10 Å². The quantitative estimate of drug-likeness (QED) is 0.696. The number of nitrogens with zero attached hydrogens (tertiary/aromatic N) is 4. The maximum Gasteiger partial charge on any atom is 0.270 e. The monoisotopic (exact) mass is 413 g/mol. The van der Waals surface area contributed by atoms with E-state index < -0.39 is 0 Å². The van der Waals surface area contributed by atoms with Crippen LogP contribution >= 0.6 is 0 Å². The number of aryl methyl sites for hydroxylation is 1. The van der Waals surface area contributed by atoms with Gasteiger partial charge in [0.25, 0.3) is 5.91 Å². The Balaban J connectivity index is 1.39. The molecule has 30 heavy (non-hydrogen) atoms. The van der Waals surface area contributed by atoms with Crippen LogP contribution in [0.5, 0.6) is 0 Å². The van der Waals surface area contributed by atoms with Crippen LogP contribution in [-0.4, -0.2) is 69.8 Å². The summed E-state index contributed by atoms with van der Waals surface area (Å²) in [4.78, 5) is 30.7. The first-order valence-electron chi connectivity index (χ1n) is 9.72. The van der Waals surface area contributed by atoms with Gasteiger partial charge in [0.2, 0.25) is 0 Å². The predicted molar refractivity (Wildman–Crippen MR) is 105 cm³/mol. The summed E-state index contributed by atoms with van der Waals surface area (Å²) >= 11 is 0. The lowest BCUT2D eigenvalue weighted by Gasteiger charge is -2.30. The lowest BCUT2D eigenvalue weighted by atomic mass is 10.0. The third kappa shape index (κ3) is 4.78. The zero-order valence-corrected chi connectivity index (χ0v) is 16.5. The third-order valence-electron chi connectivity index (χ3n) is 4.87. The Bertz CT molecular complexity index is 915. The van der Waals surface area contributed by atoms with E-state index in [0.717, 1.165) is 5.56 Å². The normalized spacial score (nSPS) is 23.5. The molecular weight excluding hydrogens is 390 g/mol. The van der Waals surface area contributed by atoms with Gasteiger partial charge in [-0.25, -0.2) is 9.97 Å². The second kappa shape index (κ2) is 9.24. The van der Waals surface area contributed by atoms with Crippen LogP contribution in [0.15, 0.2) is 35.7 Å². The molecule has 4 heterocycles. The van der Waals surface area contributed by atoms with Gasteiger partial charge in [-0.2, -0.15) is 0 Å². The molecule has 3 unspecified atom stereocenters. The van der Waals surface area contributed by atoms with Crippen LogP contribution in [0.4, 0.5) is 0 Å². The topological polar surface area (TPSA) is 128 Å². The van der Waals surface area contributed by atoms with Crippen molar-refractivity contribution >= 4 is 11.6 Å². The number of amides is 1. The highest BCUT2D eigenvalue weighted by Gasteiger charge is 2.35. The van der Waals surface area contributed by atoms with E-state index in [2.05, 4.69) is 25.4 Å². The van der Waals surface area contributed by atoms with Crippen molar-refractivity contribution in [3.05, 3.63) is 53.4 Å². The van der Waals surface area contributed by atoms with E-state index in [1.165, 1.54) is 0 Å². The molecule has 0 bridgehead atoms. The van der Waals surface area contributed by atoms with Crippen LogP contribution in [-0.2, 0) is 20.9 Å². The van der Waals surface area contributed by atoms with Crippen LogP contribution in [0.25, 0.3) is 0 Å². The van der Waals surface area contributed by atoms with E-state index in [-0.39, 0.29) is 36.5 Å². The third-order valence-corrected chi connectivity index (χ3v) is 4.87. The minimum absolute atomic E-state index is 0.0772. The fourth-order valence-electron chi connectivity index (χ4n) is 3.23. The summed E-state index contributed by atoms with van der Waals surface area (Å²) in [6.07, 6.45) is 2.94. The van der Waals surface area contributed by atoms with E-state index in [9.17, 15) is 4.79 Å². The molecule has 3 atom stereocenters. The number of pyridine rings is 1. The van der Waals surface area contributed by atoms with Crippen molar-refractivity contribution in [2.24, 2.45) is 5.16 Å². The Morgan fingerprint density at radius 3 is 2.77 bits per heavy atom.